The van der Waals surface area contributed by atoms with Gasteiger partial charge in [0, 0.05) is 24.8 Å². The minimum absolute atomic E-state index is 0.0336. The zero-order chi connectivity index (χ0) is 11.0. The Hall–Kier alpha value is -1.55. The van der Waals surface area contributed by atoms with Crippen LogP contribution in [-0.4, -0.2) is 23.3 Å². The molecule has 4 nitrogen and oxygen atoms in total. The molecule has 1 aromatic heterocycles. The number of methoxy groups -OCH3 is 1. The fourth-order valence-electron chi connectivity index (χ4n) is 1.74. The smallest absolute Gasteiger partial charge is 0.255 e. The van der Waals surface area contributed by atoms with E-state index in [-0.39, 0.29) is 17.4 Å². The molecule has 1 aliphatic rings. The van der Waals surface area contributed by atoms with Gasteiger partial charge in [0.1, 0.15) is 5.75 Å². The second kappa shape index (κ2) is 3.55. The summed E-state index contributed by atoms with van der Waals surface area (Å²) in [5.41, 5.74) is 1.54. The number of aromatic amines is 1. The average molecular weight is 207 g/mol. The number of aromatic hydroxyl groups is 1. The number of rotatable bonds is 1. The van der Waals surface area contributed by atoms with Gasteiger partial charge in [-0.1, -0.05) is 6.08 Å². The molecular formula is C11H13NO3. The van der Waals surface area contributed by atoms with Crippen LogP contribution in [0.2, 0.25) is 0 Å². The number of pyridine rings is 1. The first-order valence-corrected chi connectivity index (χ1v) is 4.79. The third kappa shape index (κ3) is 1.57. The second-order valence-corrected chi connectivity index (χ2v) is 3.66. The summed E-state index contributed by atoms with van der Waals surface area (Å²) in [6.45, 7) is 1.61. The highest BCUT2D eigenvalue weighted by Crippen LogP contribution is 2.27. The molecule has 0 fully saturated rings. The summed E-state index contributed by atoms with van der Waals surface area (Å²) in [5, 5.41) is 9.83. The molecule has 2 rings (SSSR count). The van der Waals surface area contributed by atoms with Gasteiger partial charge in [-0.2, -0.15) is 0 Å². The van der Waals surface area contributed by atoms with Crippen LogP contribution >= 0.6 is 0 Å². The van der Waals surface area contributed by atoms with Gasteiger partial charge in [-0.3, -0.25) is 4.79 Å². The van der Waals surface area contributed by atoms with E-state index in [4.69, 9.17) is 4.74 Å². The lowest BCUT2D eigenvalue weighted by Gasteiger charge is -2.19. The summed E-state index contributed by atoms with van der Waals surface area (Å²) >= 11 is 0. The minimum atomic E-state index is -0.244. The SMILES string of the molecule is COC1C=Cc2[nH]c(=O)c(C)c(O)c2C1. The van der Waals surface area contributed by atoms with E-state index in [9.17, 15) is 9.90 Å². The van der Waals surface area contributed by atoms with Crippen LogP contribution in [0.5, 0.6) is 5.75 Å². The van der Waals surface area contributed by atoms with Crippen molar-refractivity contribution in [3.63, 3.8) is 0 Å². The molecule has 0 radical (unpaired) electrons. The van der Waals surface area contributed by atoms with E-state index >= 15 is 0 Å². The number of ether oxygens (including phenoxy) is 1. The molecule has 0 bridgehead atoms. The molecule has 1 atom stereocenters. The van der Waals surface area contributed by atoms with Gasteiger partial charge in [-0.05, 0) is 13.0 Å². The van der Waals surface area contributed by atoms with Crippen molar-refractivity contribution >= 4 is 6.08 Å². The molecular weight excluding hydrogens is 194 g/mol. The van der Waals surface area contributed by atoms with E-state index in [0.29, 0.717) is 17.7 Å². The molecule has 4 heteroatoms. The molecule has 0 saturated carbocycles. The highest BCUT2D eigenvalue weighted by Gasteiger charge is 2.19. The van der Waals surface area contributed by atoms with Crippen molar-refractivity contribution < 1.29 is 9.84 Å². The van der Waals surface area contributed by atoms with Gasteiger partial charge in [-0.25, -0.2) is 0 Å². The molecule has 1 aromatic rings. The van der Waals surface area contributed by atoms with Crippen molar-refractivity contribution in [2.45, 2.75) is 19.4 Å². The van der Waals surface area contributed by atoms with Gasteiger partial charge >= 0.3 is 0 Å². The van der Waals surface area contributed by atoms with E-state index in [1.807, 2.05) is 6.08 Å². The molecule has 0 amide bonds. The van der Waals surface area contributed by atoms with Crippen LogP contribution in [0, 0.1) is 6.92 Å². The number of hydrogen-bond donors (Lipinski definition) is 2. The Labute approximate surface area is 87.2 Å². The minimum Gasteiger partial charge on any atom is -0.507 e. The predicted octanol–water partition coefficient (Wildman–Crippen LogP) is 0.973. The third-order valence-corrected chi connectivity index (χ3v) is 2.74. The first-order chi connectivity index (χ1) is 7.13. The first-order valence-electron chi connectivity index (χ1n) is 4.79. The van der Waals surface area contributed by atoms with Crippen LogP contribution < -0.4 is 5.56 Å². The van der Waals surface area contributed by atoms with Crippen molar-refractivity contribution in [2.75, 3.05) is 7.11 Å². The molecule has 0 aliphatic heterocycles. The van der Waals surface area contributed by atoms with Crippen LogP contribution in [0.15, 0.2) is 10.9 Å². The Morgan fingerprint density at radius 1 is 1.60 bits per heavy atom. The number of fused-ring (bicyclic) bond motifs is 1. The van der Waals surface area contributed by atoms with Gasteiger partial charge in [-0.15, -0.1) is 0 Å². The lowest BCUT2D eigenvalue weighted by Crippen LogP contribution is -2.20. The van der Waals surface area contributed by atoms with Crippen LogP contribution in [0.3, 0.4) is 0 Å². The van der Waals surface area contributed by atoms with Crippen LogP contribution in [0.4, 0.5) is 0 Å². The van der Waals surface area contributed by atoms with Gasteiger partial charge in [0.15, 0.2) is 0 Å². The zero-order valence-corrected chi connectivity index (χ0v) is 8.70. The zero-order valence-electron chi connectivity index (χ0n) is 8.70. The maximum absolute atomic E-state index is 11.4. The fourth-order valence-corrected chi connectivity index (χ4v) is 1.74. The van der Waals surface area contributed by atoms with Crippen molar-refractivity contribution in [2.24, 2.45) is 0 Å². The maximum atomic E-state index is 11.4. The number of hydrogen-bond acceptors (Lipinski definition) is 3. The van der Waals surface area contributed by atoms with Crippen molar-refractivity contribution in [1.29, 1.82) is 0 Å². The molecule has 0 saturated heterocycles. The van der Waals surface area contributed by atoms with Crippen molar-refractivity contribution in [1.82, 2.24) is 4.98 Å². The van der Waals surface area contributed by atoms with Crippen LogP contribution in [0.1, 0.15) is 16.8 Å². The quantitative estimate of drug-likeness (QED) is 0.721. The highest BCUT2D eigenvalue weighted by molar-refractivity contribution is 5.58. The lowest BCUT2D eigenvalue weighted by atomic mass is 9.97. The van der Waals surface area contributed by atoms with Crippen LogP contribution in [-0.2, 0) is 11.2 Å². The summed E-state index contributed by atoms with van der Waals surface area (Å²) in [6.07, 6.45) is 4.19. The van der Waals surface area contributed by atoms with Gasteiger partial charge in [0.2, 0.25) is 0 Å². The Morgan fingerprint density at radius 3 is 3.00 bits per heavy atom. The average Bonchev–Trinajstić information content (AvgIpc) is 2.26. The Balaban J connectivity index is 2.58. The molecule has 0 aromatic carbocycles. The number of H-pyrrole nitrogens is 1. The van der Waals surface area contributed by atoms with Gasteiger partial charge in [0.05, 0.1) is 11.7 Å². The predicted molar refractivity (Wildman–Crippen MR) is 57.0 cm³/mol. The second-order valence-electron chi connectivity index (χ2n) is 3.66. The summed E-state index contributed by atoms with van der Waals surface area (Å²) in [4.78, 5) is 14.1. The van der Waals surface area contributed by atoms with Crippen LogP contribution in [0.25, 0.3) is 6.08 Å². The molecule has 15 heavy (non-hydrogen) atoms. The van der Waals surface area contributed by atoms with E-state index in [1.54, 1.807) is 20.1 Å². The molecule has 1 unspecified atom stereocenters. The monoisotopic (exact) mass is 207 g/mol. The number of nitrogens with one attached hydrogen (secondary N) is 1. The topological polar surface area (TPSA) is 62.3 Å². The highest BCUT2D eigenvalue weighted by atomic mass is 16.5. The Morgan fingerprint density at radius 2 is 2.33 bits per heavy atom. The van der Waals surface area contributed by atoms with Gasteiger partial charge in [0.25, 0.3) is 5.56 Å². The van der Waals surface area contributed by atoms with Gasteiger partial charge < -0.3 is 14.8 Å². The standard InChI is InChI=1S/C11H13NO3/c1-6-10(13)8-5-7(15-2)3-4-9(8)12-11(6)14/h3-4,7H,5H2,1-2H3,(H2,12,13,14). The Kier molecular flexibility index (Phi) is 2.36. The summed E-state index contributed by atoms with van der Waals surface area (Å²) in [6, 6.07) is 0. The van der Waals surface area contributed by atoms with E-state index in [1.165, 1.54) is 0 Å². The molecule has 1 aliphatic carbocycles. The summed E-state index contributed by atoms with van der Waals surface area (Å²) in [5.74, 6) is 0.0835. The summed E-state index contributed by atoms with van der Waals surface area (Å²) < 4.78 is 5.18. The van der Waals surface area contributed by atoms with Crippen molar-refractivity contribution in [3.8, 4) is 5.75 Å². The molecule has 1 heterocycles. The van der Waals surface area contributed by atoms with Crippen molar-refractivity contribution in [3.05, 3.63) is 33.3 Å². The Bertz CT molecular complexity index is 473. The third-order valence-electron chi connectivity index (χ3n) is 2.74. The largest absolute Gasteiger partial charge is 0.507 e. The first kappa shape index (κ1) is 9.98. The molecule has 0 spiro atoms. The summed E-state index contributed by atoms with van der Waals surface area (Å²) in [7, 11) is 1.62. The molecule has 80 valence electrons. The van der Waals surface area contributed by atoms with E-state index < -0.39 is 0 Å². The number of aromatic nitrogens is 1. The normalized spacial score (nSPS) is 18.9. The fraction of sp³-hybridized carbons (Fsp3) is 0.364. The maximum Gasteiger partial charge on any atom is 0.255 e. The van der Waals surface area contributed by atoms with E-state index in [0.717, 1.165) is 5.56 Å². The lowest BCUT2D eigenvalue weighted by molar-refractivity contribution is 0.140. The molecule has 2 N–H and O–H groups in total. The van der Waals surface area contributed by atoms with E-state index in [2.05, 4.69) is 4.98 Å².